The average Bonchev–Trinajstić information content (AvgIpc) is 2.39. The summed E-state index contributed by atoms with van der Waals surface area (Å²) in [5, 5.41) is 9.08. The summed E-state index contributed by atoms with van der Waals surface area (Å²) in [5.41, 5.74) is 0.504. The van der Waals surface area contributed by atoms with Crippen LogP contribution in [0.2, 0.25) is 0 Å². The molecule has 108 valence electrons. The lowest BCUT2D eigenvalue weighted by Crippen LogP contribution is -2.34. The molecule has 0 spiro atoms. The number of methoxy groups -OCH3 is 1. The first-order valence-corrected chi connectivity index (χ1v) is 6.39. The van der Waals surface area contributed by atoms with E-state index in [0.29, 0.717) is 25.3 Å². The third-order valence-electron chi connectivity index (χ3n) is 3.26. The van der Waals surface area contributed by atoms with E-state index in [-0.39, 0.29) is 6.04 Å². The molecule has 0 heterocycles. The van der Waals surface area contributed by atoms with Gasteiger partial charge in [-0.25, -0.2) is 8.78 Å². The lowest BCUT2D eigenvalue weighted by Gasteiger charge is -2.28. The minimum Gasteiger partial charge on any atom is -0.503 e. The van der Waals surface area contributed by atoms with E-state index in [4.69, 9.17) is 9.84 Å². The smallest absolute Gasteiger partial charge is 0.187 e. The lowest BCUT2D eigenvalue weighted by molar-refractivity contribution is 0.118. The van der Waals surface area contributed by atoms with Crippen LogP contribution in [0.3, 0.4) is 0 Å². The molecule has 0 aliphatic rings. The summed E-state index contributed by atoms with van der Waals surface area (Å²) in [6.45, 7) is 5.79. The number of benzene rings is 1. The van der Waals surface area contributed by atoms with E-state index in [1.54, 1.807) is 7.11 Å². The lowest BCUT2D eigenvalue weighted by atomic mass is 10.1. The molecule has 1 rings (SSSR count). The van der Waals surface area contributed by atoms with Gasteiger partial charge in [-0.05, 0) is 31.0 Å². The van der Waals surface area contributed by atoms with Crippen LogP contribution in [-0.4, -0.2) is 36.3 Å². The van der Waals surface area contributed by atoms with Crippen molar-refractivity contribution in [1.82, 2.24) is 4.90 Å². The van der Waals surface area contributed by atoms with Gasteiger partial charge in [0.15, 0.2) is 17.4 Å². The number of nitrogens with zero attached hydrogens (tertiary/aromatic N) is 1. The van der Waals surface area contributed by atoms with Crippen LogP contribution in [0, 0.1) is 11.6 Å². The highest BCUT2D eigenvalue weighted by atomic mass is 19.1. The molecule has 0 amide bonds. The second-order valence-electron chi connectivity index (χ2n) is 4.63. The molecule has 0 saturated heterocycles. The Morgan fingerprint density at radius 1 is 1.32 bits per heavy atom. The number of rotatable bonds is 7. The molecule has 19 heavy (non-hydrogen) atoms. The molecule has 0 aromatic heterocycles. The quantitative estimate of drug-likeness (QED) is 0.829. The molecule has 0 fully saturated rings. The van der Waals surface area contributed by atoms with Crippen molar-refractivity contribution in [3.05, 3.63) is 29.3 Å². The van der Waals surface area contributed by atoms with E-state index < -0.39 is 17.4 Å². The number of halogens is 2. The molecule has 1 aromatic carbocycles. The van der Waals surface area contributed by atoms with E-state index in [0.717, 1.165) is 6.42 Å². The van der Waals surface area contributed by atoms with Gasteiger partial charge in [-0.3, -0.25) is 4.90 Å². The first kappa shape index (κ1) is 15.9. The molecule has 0 saturated carbocycles. The summed E-state index contributed by atoms with van der Waals surface area (Å²) < 4.78 is 31.6. The van der Waals surface area contributed by atoms with Crippen molar-refractivity contribution in [3.8, 4) is 5.75 Å². The van der Waals surface area contributed by atoms with Crippen molar-refractivity contribution in [2.45, 2.75) is 32.9 Å². The zero-order valence-corrected chi connectivity index (χ0v) is 11.6. The summed E-state index contributed by atoms with van der Waals surface area (Å²) in [5.74, 6) is -2.77. The van der Waals surface area contributed by atoms with Crippen LogP contribution < -0.4 is 0 Å². The van der Waals surface area contributed by atoms with Crippen LogP contribution in [0.15, 0.2) is 12.1 Å². The molecule has 1 N–H and O–H groups in total. The molecule has 0 aliphatic carbocycles. The molecule has 1 atom stereocenters. The molecule has 0 bridgehead atoms. The van der Waals surface area contributed by atoms with Gasteiger partial charge in [0.05, 0.1) is 6.61 Å². The standard InChI is InChI=1S/C14H21F2NO2/c1-4-10(2)17(5-6-19-3)9-11-7-12(15)14(18)13(16)8-11/h7-8,10,18H,4-6,9H2,1-3H3. The Hall–Kier alpha value is -1.20. The predicted molar refractivity (Wildman–Crippen MR) is 70.1 cm³/mol. The normalized spacial score (nSPS) is 12.9. The number of ether oxygens (including phenoxy) is 1. The minimum absolute atomic E-state index is 0.287. The van der Waals surface area contributed by atoms with E-state index in [1.807, 2.05) is 0 Å². The molecule has 1 aromatic rings. The van der Waals surface area contributed by atoms with E-state index in [1.165, 1.54) is 12.1 Å². The fourth-order valence-electron chi connectivity index (χ4n) is 1.87. The highest BCUT2D eigenvalue weighted by Crippen LogP contribution is 2.22. The van der Waals surface area contributed by atoms with Crippen molar-refractivity contribution in [3.63, 3.8) is 0 Å². The minimum atomic E-state index is -0.925. The van der Waals surface area contributed by atoms with Gasteiger partial charge in [0.25, 0.3) is 0 Å². The van der Waals surface area contributed by atoms with Crippen molar-refractivity contribution in [2.75, 3.05) is 20.3 Å². The molecule has 3 nitrogen and oxygen atoms in total. The first-order chi connectivity index (χ1) is 8.99. The average molecular weight is 273 g/mol. The third kappa shape index (κ3) is 4.44. The van der Waals surface area contributed by atoms with Gasteiger partial charge in [-0.2, -0.15) is 0 Å². The van der Waals surface area contributed by atoms with Gasteiger partial charge in [0, 0.05) is 26.2 Å². The van der Waals surface area contributed by atoms with E-state index in [2.05, 4.69) is 18.7 Å². The van der Waals surface area contributed by atoms with Gasteiger partial charge in [-0.1, -0.05) is 6.92 Å². The largest absolute Gasteiger partial charge is 0.503 e. The zero-order valence-electron chi connectivity index (χ0n) is 11.6. The number of aromatic hydroxyl groups is 1. The van der Waals surface area contributed by atoms with Gasteiger partial charge in [0.1, 0.15) is 0 Å². The van der Waals surface area contributed by atoms with Crippen LogP contribution in [-0.2, 0) is 11.3 Å². The van der Waals surface area contributed by atoms with Gasteiger partial charge < -0.3 is 9.84 Å². The second kappa shape index (κ2) is 7.40. The Morgan fingerprint density at radius 2 is 1.89 bits per heavy atom. The van der Waals surface area contributed by atoms with Crippen molar-refractivity contribution < 1.29 is 18.6 Å². The fourth-order valence-corrected chi connectivity index (χ4v) is 1.87. The third-order valence-corrected chi connectivity index (χ3v) is 3.26. The van der Waals surface area contributed by atoms with Crippen LogP contribution in [0.1, 0.15) is 25.8 Å². The summed E-state index contributed by atoms with van der Waals surface area (Å²) in [7, 11) is 1.62. The van der Waals surface area contributed by atoms with Crippen LogP contribution in [0.5, 0.6) is 5.75 Å². The fraction of sp³-hybridized carbons (Fsp3) is 0.571. The molecular weight excluding hydrogens is 252 g/mol. The van der Waals surface area contributed by atoms with Crippen LogP contribution in [0.25, 0.3) is 0 Å². The van der Waals surface area contributed by atoms with Crippen molar-refractivity contribution in [2.24, 2.45) is 0 Å². The summed E-state index contributed by atoms with van der Waals surface area (Å²) in [6, 6.07) is 2.62. The summed E-state index contributed by atoms with van der Waals surface area (Å²) in [4.78, 5) is 2.09. The van der Waals surface area contributed by atoms with E-state index >= 15 is 0 Å². The molecule has 0 aliphatic heterocycles. The topological polar surface area (TPSA) is 32.7 Å². The number of phenolic OH excluding ortho intramolecular Hbond substituents is 1. The van der Waals surface area contributed by atoms with Crippen molar-refractivity contribution in [1.29, 1.82) is 0 Å². The van der Waals surface area contributed by atoms with Crippen molar-refractivity contribution >= 4 is 0 Å². The highest BCUT2D eigenvalue weighted by Gasteiger charge is 2.15. The maximum Gasteiger partial charge on any atom is 0.187 e. The Bertz CT molecular complexity index is 389. The zero-order chi connectivity index (χ0) is 14.4. The van der Waals surface area contributed by atoms with Gasteiger partial charge in [0.2, 0.25) is 0 Å². The maximum absolute atomic E-state index is 13.3. The van der Waals surface area contributed by atoms with Gasteiger partial charge >= 0.3 is 0 Å². The Kier molecular flexibility index (Phi) is 6.18. The Morgan fingerprint density at radius 3 is 2.37 bits per heavy atom. The molecular formula is C14H21F2NO2. The SMILES string of the molecule is CCC(C)N(CCOC)Cc1cc(F)c(O)c(F)c1. The number of hydrogen-bond acceptors (Lipinski definition) is 3. The first-order valence-electron chi connectivity index (χ1n) is 6.39. The van der Waals surface area contributed by atoms with Crippen LogP contribution in [0.4, 0.5) is 8.78 Å². The highest BCUT2D eigenvalue weighted by molar-refractivity contribution is 5.30. The monoisotopic (exact) mass is 273 g/mol. The molecule has 0 radical (unpaired) electrons. The summed E-state index contributed by atoms with van der Waals surface area (Å²) >= 11 is 0. The molecule has 5 heteroatoms. The van der Waals surface area contributed by atoms with Crippen LogP contribution >= 0.6 is 0 Å². The second-order valence-corrected chi connectivity index (χ2v) is 4.63. The molecule has 1 unspecified atom stereocenters. The number of hydrogen-bond donors (Lipinski definition) is 1. The predicted octanol–water partition coefficient (Wildman–Crippen LogP) is 2.92. The number of phenols is 1. The maximum atomic E-state index is 13.3. The Labute approximate surface area is 112 Å². The Balaban J connectivity index is 2.83. The summed E-state index contributed by atoms with van der Waals surface area (Å²) in [6.07, 6.45) is 0.937. The van der Waals surface area contributed by atoms with Gasteiger partial charge in [-0.15, -0.1) is 0 Å². The van der Waals surface area contributed by atoms with E-state index in [9.17, 15) is 8.78 Å².